The third-order valence-electron chi connectivity index (χ3n) is 1.19. The van der Waals surface area contributed by atoms with Crippen LogP contribution in [0, 0.1) is 0 Å². The molecule has 0 aromatic rings. The molecule has 12 heavy (non-hydrogen) atoms. The van der Waals surface area contributed by atoms with E-state index in [-0.39, 0.29) is 6.10 Å². The fourth-order valence-corrected chi connectivity index (χ4v) is 0.978. The van der Waals surface area contributed by atoms with Gasteiger partial charge in [0, 0.05) is 19.5 Å². The van der Waals surface area contributed by atoms with Crippen LogP contribution in [-0.4, -0.2) is 44.8 Å². The Bertz CT molecular complexity index is 120. The van der Waals surface area contributed by atoms with E-state index < -0.39 is 6.29 Å². The Hall–Kier alpha value is 0.0300. The van der Waals surface area contributed by atoms with E-state index in [1.807, 2.05) is 0 Å². The first-order chi connectivity index (χ1) is 5.78. The lowest BCUT2D eigenvalue weighted by molar-refractivity contribution is -0.166. The van der Waals surface area contributed by atoms with E-state index in [1.54, 1.807) is 7.11 Å². The van der Waals surface area contributed by atoms with Crippen molar-refractivity contribution in [3.05, 3.63) is 0 Å². The second kappa shape index (κ2) is 7.67. The summed E-state index contributed by atoms with van der Waals surface area (Å²) in [6.07, 6.45) is -0.362. The van der Waals surface area contributed by atoms with E-state index in [0.29, 0.717) is 18.2 Å². The molecule has 0 rings (SSSR count). The zero-order valence-corrected chi connectivity index (χ0v) is 8.74. The van der Waals surface area contributed by atoms with Crippen molar-refractivity contribution in [2.75, 3.05) is 26.2 Å². The standard InChI is InChI=1S/C7H13BrO4/c1-10-5-6(3-8)12-7(4-9)11-2/h4,6-7H,3,5H2,1-2H3/t6?,7-/m1/s1. The molecule has 4 nitrogen and oxygen atoms in total. The van der Waals surface area contributed by atoms with Crippen LogP contribution >= 0.6 is 15.9 Å². The Morgan fingerprint density at radius 3 is 2.50 bits per heavy atom. The minimum absolute atomic E-state index is 0.162. The van der Waals surface area contributed by atoms with Gasteiger partial charge in [0.1, 0.15) is 0 Å². The predicted molar refractivity (Wildman–Crippen MR) is 47.4 cm³/mol. The lowest BCUT2D eigenvalue weighted by Crippen LogP contribution is -2.29. The van der Waals surface area contributed by atoms with Crippen LogP contribution in [0.4, 0.5) is 0 Å². The average Bonchev–Trinajstić information content (AvgIpc) is 2.12. The van der Waals surface area contributed by atoms with Crippen molar-refractivity contribution in [1.82, 2.24) is 0 Å². The number of ether oxygens (including phenoxy) is 3. The van der Waals surface area contributed by atoms with Gasteiger partial charge in [0.05, 0.1) is 12.7 Å². The number of halogens is 1. The molecule has 1 unspecified atom stereocenters. The van der Waals surface area contributed by atoms with Gasteiger partial charge in [-0.05, 0) is 0 Å². The van der Waals surface area contributed by atoms with Crippen LogP contribution in [0.25, 0.3) is 0 Å². The van der Waals surface area contributed by atoms with Crippen molar-refractivity contribution in [3.8, 4) is 0 Å². The number of carbonyl (C=O) groups is 1. The Morgan fingerprint density at radius 1 is 1.50 bits per heavy atom. The maximum atomic E-state index is 10.3. The largest absolute Gasteiger partial charge is 0.382 e. The number of carbonyl (C=O) groups excluding carboxylic acids is 1. The van der Waals surface area contributed by atoms with Crippen LogP contribution in [0.5, 0.6) is 0 Å². The van der Waals surface area contributed by atoms with Gasteiger partial charge in [0.15, 0.2) is 6.29 Å². The Morgan fingerprint density at radius 2 is 2.17 bits per heavy atom. The van der Waals surface area contributed by atoms with Crippen LogP contribution < -0.4 is 0 Å². The fraction of sp³-hybridized carbons (Fsp3) is 0.857. The van der Waals surface area contributed by atoms with Crippen molar-refractivity contribution in [1.29, 1.82) is 0 Å². The molecule has 0 radical (unpaired) electrons. The molecule has 0 amide bonds. The van der Waals surface area contributed by atoms with Gasteiger partial charge in [-0.1, -0.05) is 15.9 Å². The molecule has 0 saturated carbocycles. The predicted octanol–water partition coefficient (Wildman–Crippen LogP) is 0.584. The second-order valence-corrected chi connectivity index (χ2v) is 2.76. The monoisotopic (exact) mass is 240 g/mol. The quantitative estimate of drug-likeness (QED) is 0.371. The molecule has 72 valence electrons. The molecule has 0 heterocycles. The van der Waals surface area contributed by atoms with Crippen LogP contribution in [-0.2, 0) is 19.0 Å². The van der Waals surface area contributed by atoms with Crippen LogP contribution in [0.2, 0.25) is 0 Å². The number of hydrogen-bond donors (Lipinski definition) is 0. The van der Waals surface area contributed by atoms with Gasteiger partial charge in [-0.15, -0.1) is 0 Å². The van der Waals surface area contributed by atoms with E-state index in [1.165, 1.54) is 7.11 Å². The highest BCUT2D eigenvalue weighted by atomic mass is 79.9. The molecule has 0 aliphatic heterocycles. The minimum atomic E-state index is -0.803. The summed E-state index contributed by atoms with van der Waals surface area (Å²) in [6, 6.07) is 0. The van der Waals surface area contributed by atoms with Gasteiger partial charge >= 0.3 is 0 Å². The van der Waals surface area contributed by atoms with Gasteiger partial charge in [-0.25, -0.2) is 0 Å². The molecule has 0 bridgehead atoms. The lowest BCUT2D eigenvalue weighted by atomic mass is 10.4. The normalized spacial score (nSPS) is 15.6. The Labute approximate surface area is 80.3 Å². The summed E-state index contributed by atoms with van der Waals surface area (Å²) in [7, 11) is 2.99. The van der Waals surface area contributed by atoms with Gasteiger partial charge < -0.3 is 14.2 Å². The first-order valence-electron chi connectivity index (χ1n) is 3.47. The summed E-state index contributed by atoms with van der Waals surface area (Å²) in [5.41, 5.74) is 0. The Balaban J connectivity index is 3.73. The number of rotatable bonds is 7. The van der Waals surface area contributed by atoms with E-state index in [2.05, 4.69) is 15.9 Å². The maximum absolute atomic E-state index is 10.3. The highest BCUT2D eigenvalue weighted by molar-refractivity contribution is 9.09. The maximum Gasteiger partial charge on any atom is 0.214 e. The van der Waals surface area contributed by atoms with Crippen LogP contribution in [0.1, 0.15) is 0 Å². The number of methoxy groups -OCH3 is 2. The van der Waals surface area contributed by atoms with Crippen molar-refractivity contribution >= 4 is 22.2 Å². The van der Waals surface area contributed by atoms with Crippen molar-refractivity contribution in [2.24, 2.45) is 0 Å². The smallest absolute Gasteiger partial charge is 0.214 e. The number of alkyl halides is 1. The molecule has 0 aliphatic rings. The molecule has 0 fully saturated rings. The zero-order valence-electron chi connectivity index (χ0n) is 7.16. The highest BCUT2D eigenvalue weighted by Gasteiger charge is 2.13. The van der Waals surface area contributed by atoms with E-state index in [9.17, 15) is 4.79 Å². The van der Waals surface area contributed by atoms with E-state index in [4.69, 9.17) is 14.2 Å². The first kappa shape index (κ1) is 12.0. The molecular formula is C7H13BrO4. The number of hydrogen-bond acceptors (Lipinski definition) is 4. The van der Waals surface area contributed by atoms with Crippen LogP contribution in [0.15, 0.2) is 0 Å². The Kier molecular flexibility index (Phi) is 7.69. The first-order valence-corrected chi connectivity index (χ1v) is 4.59. The molecule has 0 spiro atoms. The third kappa shape index (κ3) is 4.82. The summed E-state index contributed by atoms with van der Waals surface area (Å²) in [4.78, 5) is 10.3. The molecule has 0 N–H and O–H groups in total. The SMILES string of the molecule is COCC(CBr)O[C@H](C=O)OC. The summed E-state index contributed by atoms with van der Waals surface area (Å²) in [6.45, 7) is 0.430. The van der Waals surface area contributed by atoms with E-state index >= 15 is 0 Å². The second-order valence-electron chi connectivity index (χ2n) is 2.11. The summed E-state index contributed by atoms with van der Waals surface area (Å²) >= 11 is 3.23. The molecular weight excluding hydrogens is 228 g/mol. The lowest BCUT2D eigenvalue weighted by Gasteiger charge is -2.17. The van der Waals surface area contributed by atoms with Crippen molar-refractivity contribution in [3.63, 3.8) is 0 Å². The molecule has 0 aromatic heterocycles. The molecule has 5 heteroatoms. The summed E-state index contributed by atoms with van der Waals surface area (Å²) in [5, 5.41) is 0.606. The van der Waals surface area contributed by atoms with Crippen molar-refractivity contribution < 1.29 is 19.0 Å². The summed E-state index contributed by atoms with van der Waals surface area (Å²) < 4.78 is 14.7. The molecule has 0 aliphatic carbocycles. The van der Waals surface area contributed by atoms with Crippen LogP contribution in [0.3, 0.4) is 0 Å². The number of aldehydes is 1. The van der Waals surface area contributed by atoms with Gasteiger partial charge in [0.2, 0.25) is 6.29 Å². The average molecular weight is 241 g/mol. The zero-order chi connectivity index (χ0) is 9.40. The molecule has 2 atom stereocenters. The fourth-order valence-electron chi connectivity index (χ4n) is 0.639. The molecule has 0 aromatic carbocycles. The van der Waals surface area contributed by atoms with Gasteiger partial charge in [-0.3, -0.25) is 4.79 Å². The highest BCUT2D eigenvalue weighted by Crippen LogP contribution is 2.02. The summed E-state index contributed by atoms with van der Waals surface area (Å²) in [5.74, 6) is 0. The molecule has 0 saturated heterocycles. The topological polar surface area (TPSA) is 44.8 Å². The van der Waals surface area contributed by atoms with Gasteiger partial charge in [0.25, 0.3) is 0 Å². The van der Waals surface area contributed by atoms with Crippen molar-refractivity contribution in [2.45, 2.75) is 12.4 Å². The van der Waals surface area contributed by atoms with Gasteiger partial charge in [-0.2, -0.15) is 0 Å². The van der Waals surface area contributed by atoms with E-state index in [0.717, 1.165) is 0 Å². The third-order valence-corrected chi connectivity index (χ3v) is 1.92. The minimum Gasteiger partial charge on any atom is -0.382 e.